The SMILES string of the molecule is CNC(=O)C1CNCCN1Cc1noc(-c2ccco2)n1. The van der Waals surface area contributed by atoms with Gasteiger partial charge in [0.15, 0.2) is 11.6 Å². The van der Waals surface area contributed by atoms with Crippen molar-refractivity contribution in [2.75, 3.05) is 26.7 Å². The van der Waals surface area contributed by atoms with Gasteiger partial charge in [-0.05, 0) is 12.1 Å². The lowest BCUT2D eigenvalue weighted by Gasteiger charge is -2.33. The molecular weight excluding hydrogens is 274 g/mol. The fourth-order valence-electron chi connectivity index (χ4n) is 2.36. The number of carbonyl (C=O) groups excluding carboxylic acids is 1. The molecule has 0 saturated carbocycles. The Hall–Kier alpha value is -2.19. The number of furan rings is 1. The third-order valence-electron chi connectivity index (χ3n) is 3.45. The first kappa shape index (κ1) is 13.8. The standard InChI is InChI=1S/C13H17N5O3/c1-14-12(19)9-7-15-4-5-18(9)8-11-16-13(21-17-11)10-3-2-6-20-10/h2-3,6,9,15H,4-5,7-8H2,1H3,(H,14,19). The Morgan fingerprint density at radius 1 is 1.62 bits per heavy atom. The van der Waals surface area contributed by atoms with Gasteiger partial charge in [0.1, 0.15) is 6.04 Å². The minimum atomic E-state index is -0.227. The summed E-state index contributed by atoms with van der Waals surface area (Å²) in [5, 5.41) is 9.84. The highest BCUT2D eigenvalue weighted by Crippen LogP contribution is 2.18. The van der Waals surface area contributed by atoms with Gasteiger partial charge in [-0.2, -0.15) is 4.98 Å². The second-order valence-electron chi connectivity index (χ2n) is 4.80. The predicted octanol–water partition coefficient (Wildman–Crippen LogP) is -0.151. The summed E-state index contributed by atoms with van der Waals surface area (Å²) in [5.41, 5.74) is 0. The Kier molecular flexibility index (Phi) is 3.98. The second kappa shape index (κ2) is 6.06. The molecule has 21 heavy (non-hydrogen) atoms. The summed E-state index contributed by atoms with van der Waals surface area (Å²) in [7, 11) is 1.64. The number of carbonyl (C=O) groups is 1. The lowest BCUT2D eigenvalue weighted by molar-refractivity contribution is -0.126. The van der Waals surface area contributed by atoms with Gasteiger partial charge in [0, 0.05) is 26.7 Å². The van der Waals surface area contributed by atoms with E-state index in [2.05, 4.69) is 20.8 Å². The Morgan fingerprint density at radius 2 is 2.52 bits per heavy atom. The number of hydrogen-bond acceptors (Lipinski definition) is 7. The molecule has 1 atom stereocenters. The average molecular weight is 291 g/mol. The van der Waals surface area contributed by atoms with Crippen LogP contribution in [0.3, 0.4) is 0 Å². The number of nitrogens with one attached hydrogen (secondary N) is 2. The molecule has 0 aromatic carbocycles. The Morgan fingerprint density at radius 3 is 3.29 bits per heavy atom. The molecule has 2 N–H and O–H groups in total. The van der Waals surface area contributed by atoms with Crippen LogP contribution in [0.4, 0.5) is 0 Å². The molecule has 0 spiro atoms. The molecule has 112 valence electrons. The van der Waals surface area contributed by atoms with Gasteiger partial charge < -0.3 is 19.6 Å². The van der Waals surface area contributed by atoms with E-state index in [0.717, 1.165) is 13.1 Å². The minimum Gasteiger partial charge on any atom is -0.459 e. The Bertz CT molecular complexity index is 595. The van der Waals surface area contributed by atoms with Gasteiger partial charge >= 0.3 is 0 Å². The van der Waals surface area contributed by atoms with Crippen molar-refractivity contribution < 1.29 is 13.7 Å². The zero-order chi connectivity index (χ0) is 14.7. The molecule has 8 heteroatoms. The summed E-state index contributed by atoms with van der Waals surface area (Å²) in [6.07, 6.45) is 1.55. The Labute approximate surface area is 121 Å². The van der Waals surface area contributed by atoms with E-state index in [1.54, 1.807) is 25.4 Å². The molecule has 1 saturated heterocycles. The van der Waals surface area contributed by atoms with Crippen LogP contribution in [0.5, 0.6) is 0 Å². The fraction of sp³-hybridized carbons (Fsp3) is 0.462. The maximum atomic E-state index is 11.9. The summed E-state index contributed by atoms with van der Waals surface area (Å²) in [6, 6.07) is 3.29. The van der Waals surface area contributed by atoms with Crippen LogP contribution < -0.4 is 10.6 Å². The summed E-state index contributed by atoms with van der Waals surface area (Å²) < 4.78 is 10.4. The molecule has 2 aromatic heterocycles. The molecule has 0 radical (unpaired) electrons. The zero-order valence-corrected chi connectivity index (χ0v) is 11.7. The van der Waals surface area contributed by atoms with Crippen molar-refractivity contribution in [3.63, 3.8) is 0 Å². The molecule has 3 heterocycles. The molecule has 2 aromatic rings. The van der Waals surface area contributed by atoms with Gasteiger partial charge in [0.05, 0.1) is 12.8 Å². The molecule has 1 unspecified atom stereocenters. The maximum Gasteiger partial charge on any atom is 0.293 e. The lowest BCUT2D eigenvalue weighted by atomic mass is 10.1. The van der Waals surface area contributed by atoms with Gasteiger partial charge in [0.2, 0.25) is 5.91 Å². The van der Waals surface area contributed by atoms with Crippen molar-refractivity contribution in [1.82, 2.24) is 25.7 Å². The summed E-state index contributed by atoms with van der Waals surface area (Å²) >= 11 is 0. The highest BCUT2D eigenvalue weighted by atomic mass is 16.5. The van der Waals surface area contributed by atoms with Gasteiger partial charge in [-0.1, -0.05) is 5.16 Å². The van der Waals surface area contributed by atoms with Crippen molar-refractivity contribution in [2.24, 2.45) is 0 Å². The van der Waals surface area contributed by atoms with Crippen LogP contribution in [-0.2, 0) is 11.3 Å². The summed E-state index contributed by atoms with van der Waals surface area (Å²) in [6.45, 7) is 2.66. The minimum absolute atomic E-state index is 0.0167. The van der Waals surface area contributed by atoms with Crippen LogP contribution in [0.15, 0.2) is 27.3 Å². The number of amides is 1. The molecule has 0 aliphatic carbocycles. The van der Waals surface area contributed by atoms with E-state index in [9.17, 15) is 4.79 Å². The normalized spacial score (nSPS) is 19.6. The summed E-state index contributed by atoms with van der Waals surface area (Å²) in [4.78, 5) is 18.2. The van der Waals surface area contributed by atoms with Crippen LogP contribution in [0.2, 0.25) is 0 Å². The van der Waals surface area contributed by atoms with E-state index in [1.165, 1.54) is 0 Å². The third kappa shape index (κ3) is 2.96. The van der Waals surface area contributed by atoms with Crippen molar-refractivity contribution in [2.45, 2.75) is 12.6 Å². The smallest absolute Gasteiger partial charge is 0.293 e. The third-order valence-corrected chi connectivity index (χ3v) is 3.45. The van der Waals surface area contributed by atoms with E-state index in [-0.39, 0.29) is 11.9 Å². The number of hydrogen-bond donors (Lipinski definition) is 2. The van der Waals surface area contributed by atoms with Crippen LogP contribution in [0.1, 0.15) is 5.82 Å². The van der Waals surface area contributed by atoms with Crippen molar-refractivity contribution in [3.8, 4) is 11.7 Å². The number of aromatic nitrogens is 2. The van der Waals surface area contributed by atoms with E-state index < -0.39 is 0 Å². The van der Waals surface area contributed by atoms with Crippen LogP contribution >= 0.6 is 0 Å². The molecule has 3 rings (SSSR count). The molecule has 1 amide bonds. The zero-order valence-electron chi connectivity index (χ0n) is 11.7. The van der Waals surface area contributed by atoms with Crippen molar-refractivity contribution >= 4 is 5.91 Å². The quantitative estimate of drug-likeness (QED) is 0.808. The molecule has 1 fully saturated rings. The molecule has 1 aliphatic heterocycles. The van der Waals surface area contributed by atoms with Gasteiger partial charge in [-0.25, -0.2) is 0 Å². The molecular formula is C13H17N5O3. The molecule has 8 nitrogen and oxygen atoms in total. The first-order valence-electron chi connectivity index (χ1n) is 6.81. The largest absolute Gasteiger partial charge is 0.459 e. The highest BCUT2D eigenvalue weighted by Gasteiger charge is 2.29. The molecule has 0 bridgehead atoms. The monoisotopic (exact) mass is 291 g/mol. The van der Waals surface area contributed by atoms with Gasteiger partial charge in [0.25, 0.3) is 5.89 Å². The number of nitrogens with zero attached hydrogens (tertiary/aromatic N) is 3. The maximum absolute atomic E-state index is 11.9. The van der Waals surface area contributed by atoms with Crippen molar-refractivity contribution in [1.29, 1.82) is 0 Å². The van der Waals surface area contributed by atoms with Crippen LogP contribution in [-0.4, -0.2) is 53.7 Å². The average Bonchev–Trinajstić information content (AvgIpc) is 3.18. The van der Waals surface area contributed by atoms with Crippen LogP contribution in [0, 0.1) is 0 Å². The lowest BCUT2D eigenvalue weighted by Crippen LogP contribution is -2.57. The summed E-state index contributed by atoms with van der Waals surface area (Å²) in [5.74, 6) is 1.41. The predicted molar refractivity (Wildman–Crippen MR) is 73.1 cm³/mol. The van der Waals surface area contributed by atoms with Crippen LogP contribution in [0.25, 0.3) is 11.7 Å². The number of rotatable bonds is 4. The second-order valence-corrected chi connectivity index (χ2v) is 4.80. The fourth-order valence-corrected chi connectivity index (χ4v) is 2.36. The Balaban J connectivity index is 1.71. The van der Waals surface area contributed by atoms with E-state index in [4.69, 9.17) is 8.94 Å². The van der Waals surface area contributed by atoms with E-state index in [0.29, 0.717) is 30.6 Å². The number of piperazine rings is 1. The van der Waals surface area contributed by atoms with E-state index >= 15 is 0 Å². The van der Waals surface area contributed by atoms with Gasteiger partial charge in [-0.3, -0.25) is 9.69 Å². The highest BCUT2D eigenvalue weighted by molar-refractivity contribution is 5.81. The van der Waals surface area contributed by atoms with E-state index in [1.807, 2.05) is 4.90 Å². The van der Waals surface area contributed by atoms with Gasteiger partial charge in [-0.15, -0.1) is 0 Å². The molecule has 1 aliphatic rings. The van der Waals surface area contributed by atoms with Crippen molar-refractivity contribution in [3.05, 3.63) is 24.2 Å². The topological polar surface area (TPSA) is 96.4 Å². The first-order valence-corrected chi connectivity index (χ1v) is 6.81. The number of likely N-dealkylation sites (N-methyl/N-ethyl adjacent to an activating group) is 1. The first-order chi connectivity index (χ1) is 10.3.